The van der Waals surface area contributed by atoms with E-state index in [-0.39, 0.29) is 0 Å². The van der Waals surface area contributed by atoms with E-state index in [1.807, 2.05) is 0 Å². The summed E-state index contributed by atoms with van der Waals surface area (Å²) in [4.78, 5) is 4.58. The Morgan fingerprint density at radius 2 is 1.65 bits per heavy atom. The first kappa shape index (κ1) is 16.0. The average Bonchev–Trinajstić information content (AvgIpc) is 2.50. The van der Waals surface area contributed by atoms with Gasteiger partial charge in [0.05, 0.1) is 5.52 Å². The fourth-order valence-corrected chi connectivity index (χ4v) is 3.05. The molecule has 0 spiro atoms. The van der Waals surface area contributed by atoms with Crippen LogP contribution >= 0.6 is 11.6 Å². The van der Waals surface area contributed by atoms with Crippen LogP contribution in [0.25, 0.3) is 10.9 Å². The number of fused-ring (bicyclic) bond motifs is 1. The van der Waals surface area contributed by atoms with Crippen molar-refractivity contribution >= 4 is 22.5 Å². The van der Waals surface area contributed by atoms with Gasteiger partial charge in [-0.3, -0.25) is 0 Å². The van der Waals surface area contributed by atoms with Gasteiger partial charge in [-0.25, -0.2) is 4.98 Å². The van der Waals surface area contributed by atoms with Crippen LogP contribution < -0.4 is 5.32 Å². The smallest absolute Gasteiger partial charge is 0.134 e. The summed E-state index contributed by atoms with van der Waals surface area (Å²) in [5.41, 5.74) is 6.99. The summed E-state index contributed by atoms with van der Waals surface area (Å²) in [6.07, 6.45) is 0. The van der Waals surface area contributed by atoms with Gasteiger partial charge in [-0.1, -0.05) is 53.1 Å². The topological polar surface area (TPSA) is 24.9 Å². The lowest BCUT2D eigenvalue weighted by Gasteiger charge is -2.10. The predicted octanol–water partition coefficient (Wildman–Crippen LogP) is 5.10. The van der Waals surface area contributed by atoms with Crippen molar-refractivity contribution in [2.75, 3.05) is 0 Å². The molecule has 0 amide bonds. The Bertz CT molecular complexity index is 838. The fraction of sp³-hybridized carbons (Fsp3) is 0.250. The van der Waals surface area contributed by atoms with E-state index in [9.17, 15) is 0 Å². The second-order valence-electron chi connectivity index (χ2n) is 6.18. The molecule has 0 saturated carbocycles. The summed E-state index contributed by atoms with van der Waals surface area (Å²) < 4.78 is 0. The van der Waals surface area contributed by atoms with Gasteiger partial charge in [0.15, 0.2) is 0 Å². The summed E-state index contributed by atoms with van der Waals surface area (Å²) in [5.74, 6) is 0. The maximum absolute atomic E-state index is 6.37. The molecular weight excluding hydrogens is 304 g/mol. The molecule has 3 rings (SSSR count). The summed E-state index contributed by atoms with van der Waals surface area (Å²) in [6.45, 7) is 7.82. The van der Waals surface area contributed by atoms with Crippen molar-refractivity contribution in [2.45, 2.75) is 33.9 Å². The molecule has 118 valence electrons. The summed E-state index contributed by atoms with van der Waals surface area (Å²) in [7, 11) is 0. The number of aromatic nitrogens is 1. The summed E-state index contributed by atoms with van der Waals surface area (Å²) in [6, 6.07) is 15.0. The molecule has 0 radical (unpaired) electrons. The Morgan fingerprint density at radius 3 is 2.39 bits per heavy atom. The van der Waals surface area contributed by atoms with Crippen LogP contribution in [0.15, 0.2) is 42.5 Å². The molecular formula is C20H21ClN2. The molecule has 0 saturated heterocycles. The van der Waals surface area contributed by atoms with Gasteiger partial charge in [0.25, 0.3) is 0 Å². The van der Waals surface area contributed by atoms with E-state index in [1.54, 1.807) is 0 Å². The molecule has 0 aliphatic rings. The normalized spacial score (nSPS) is 11.1. The molecule has 0 aliphatic carbocycles. The molecule has 2 aromatic carbocycles. The number of nitrogens with zero attached hydrogens (tertiary/aromatic N) is 1. The SMILES string of the molecule is Cc1ccc(CNCc2cc3cc(C)cc(C)c3nc2Cl)cc1. The van der Waals surface area contributed by atoms with E-state index in [4.69, 9.17) is 11.6 Å². The lowest BCUT2D eigenvalue weighted by atomic mass is 10.1. The van der Waals surface area contributed by atoms with E-state index < -0.39 is 0 Å². The second-order valence-corrected chi connectivity index (χ2v) is 6.54. The highest BCUT2D eigenvalue weighted by Crippen LogP contribution is 2.24. The maximum Gasteiger partial charge on any atom is 0.134 e. The Morgan fingerprint density at radius 1 is 0.913 bits per heavy atom. The standard InChI is InChI=1S/C20H21ClN2/c1-13-4-6-16(7-5-13)11-22-12-18-10-17-9-14(2)8-15(3)19(17)23-20(18)21/h4-10,22H,11-12H2,1-3H3. The molecule has 1 aromatic heterocycles. The highest BCUT2D eigenvalue weighted by molar-refractivity contribution is 6.30. The van der Waals surface area contributed by atoms with Crippen LogP contribution in [0, 0.1) is 20.8 Å². The first-order chi connectivity index (χ1) is 11.0. The molecule has 1 N–H and O–H groups in total. The van der Waals surface area contributed by atoms with E-state index in [1.165, 1.54) is 22.3 Å². The average molecular weight is 325 g/mol. The zero-order chi connectivity index (χ0) is 16.4. The largest absolute Gasteiger partial charge is 0.309 e. The van der Waals surface area contributed by atoms with Crippen LogP contribution in [0.5, 0.6) is 0 Å². The maximum atomic E-state index is 6.37. The number of aryl methyl sites for hydroxylation is 3. The summed E-state index contributed by atoms with van der Waals surface area (Å²) >= 11 is 6.37. The third kappa shape index (κ3) is 3.72. The van der Waals surface area contributed by atoms with Crippen molar-refractivity contribution in [1.29, 1.82) is 0 Å². The molecule has 0 aliphatic heterocycles. The molecule has 0 unspecified atom stereocenters. The van der Waals surface area contributed by atoms with Gasteiger partial charge < -0.3 is 5.32 Å². The summed E-state index contributed by atoms with van der Waals surface area (Å²) in [5, 5.41) is 5.18. The Hall–Kier alpha value is -1.90. The van der Waals surface area contributed by atoms with Crippen LogP contribution in [0.2, 0.25) is 5.15 Å². The Labute approximate surface area is 142 Å². The number of benzene rings is 2. The van der Waals surface area contributed by atoms with E-state index in [0.29, 0.717) is 11.7 Å². The minimum absolute atomic E-state index is 0.584. The van der Waals surface area contributed by atoms with Crippen LogP contribution in [0.4, 0.5) is 0 Å². The van der Waals surface area contributed by atoms with Crippen molar-refractivity contribution in [3.8, 4) is 0 Å². The highest BCUT2D eigenvalue weighted by atomic mass is 35.5. The van der Waals surface area contributed by atoms with Crippen LogP contribution in [-0.2, 0) is 13.1 Å². The van der Waals surface area contributed by atoms with E-state index in [2.05, 4.69) is 73.5 Å². The third-order valence-corrected chi connectivity index (χ3v) is 4.37. The zero-order valence-electron chi connectivity index (χ0n) is 13.8. The molecule has 1 heterocycles. The number of rotatable bonds is 4. The van der Waals surface area contributed by atoms with Crippen molar-refractivity contribution in [3.63, 3.8) is 0 Å². The Balaban J connectivity index is 1.77. The number of nitrogens with one attached hydrogen (secondary N) is 1. The van der Waals surface area contributed by atoms with Crippen LogP contribution in [-0.4, -0.2) is 4.98 Å². The molecule has 0 atom stereocenters. The molecule has 2 nitrogen and oxygen atoms in total. The molecule has 0 bridgehead atoms. The quantitative estimate of drug-likeness (QED) is 0.675. The van der Waals surface area contributed by atoms with E-state index in [0.717, 1.165) is 23.0 Å². The van der Waals surface area contributed by atoms with Gasteiger partial charge in [-0.2, -0.15) is 0 Å². The zero-order valence-corrected chi connectivity index (χ0v) is 14.5. The minimum Gasteiger partial charge on any atom is -0.309 e. The van der Waals surface area contributed by atoms with Crippen molar-refractivity contribution in [1.82, 2.24) is 10.3 Å². The highest BCUT2D eigenvalue weighted by Gasteiger charge is 2.07. The van der Waals surface area contributed by atoms with Crippen LogP contribution in [0.3, 0.4) is 0 Å². The van der Waals surface area contributed by atoms with Gasteiger partial charge in [0.2, 0.25) is 0 Å². The Kier molecular flexibility index (Phi) is 4.65. The monoisotopic (exact) mass is 324 g/mol. The fourth-order valence-electron chi connectivity index (χ4n) is 2.84. The van der Waals surface area contributed by atoms with Crippen molar-refractivity contribution in [2.24, 2.45) is 0 Å². The van der Waals surface area contributed by atoms with Gasteiger partial charge in [-0.15, -0.1) is 0 Å². The van der Waals surface area contributed by atoms with E-state index >= 15 is 0 Å². The van der Waals surface area contributed by atoms with Gasteiger partial charge in [0.1, 0.15) is 5.15 Å². The molecule has 3 aromatic rings. The molecule has 23 heavy (non-hydrogen) atoms. The second kappa shape index (κ2) is 6.69. The minimum atomic E-state index is 0.584. The molecule has 3 heteroatoms. The number of hydrogen-bond donors (Lipinski definition) is 1. The third-order valence-electron chi connectivity index (χ3n) is 4.04. The van der Waals surface area contributed by atoms with Crippen molar-refractivity contribution < 1.29 is 0 Å². The van der Waals surface area contributed by atoms with Gasteiger partial charge >= 0.3 is 0 Å². The first-order valence-corrected chi connectivity index (χ1v) is 8.23. The number of pyridine rings is 1. The van der Waals surface area contributed by atoms with Crippen LogP contribution in [0.1, 0.15) is 27.8 Å². The number of hydrogen-bond acceptors (Lipinski definition) is 2. The van der Waals surface area contributed by atoms with Crippen molar-refractivity contribution in [3.05, 3.63) is 75.4 Å². The van der Waals surface area contributed by atoms with Gasteiger partial charge in [-0.05, 0) is 44.0 Å². The molecule has 0 fully saturated rings. The van der Waals surface area contributed by atoms with Gasteiger partial charge in [0, 0.05) is 24.0 Å². The first-order valence-electron chi connectivity index (χ1n) is 7.85. The predicted molar refractivity (Wildman–Crippen MR) is 97.9 cm³/mol. The lowest BCUT2D eigenvalue weighted by Crippen LogP contribution is -2.13. The lowest BCUT2D eigenvalue weighted by molar-refractivity contribution is 0.692. The number of halogens is 1.